The molecule has 0 radical (unpaired) electrons. The summed E-state index contributed by atoms with van der Waals surface area (Å²) in [6, 6.07) is 2.95. The molecule has 1 amide bonds. The average Bonchev–Trinajstić information content (AvgIpc) is 2.73. The first-order chi connectivity index (χ1) is 14.8. The Bertz CT molecular complexity index is 897. The van der Waals surface area contributed by atoms with E-state index in [-0.39, 0.29) is 49.1 Å². The minimum atomic E-state index is -1.07. The number of carbonyl (C=O) groups excluding carboxylic acids is 3. The van der Waals surface area contributed by atoms with Crippen molar-refractivity contribution in [2.75, 3.05) is 39.5 Å². The minimum absolute atomic E-state index is 0.00388. The number of ketones is 1. The summed E-state index contributed by atoms with van der Waals surface area (Å²) in [7, 11) is 0. The van der Waals surface area contributed by atoms with Crippen LogP contribution in [-0.4, -0.2) is 67.9 Å². The van der Waals surface area contributed by atoms with Gasteiger partial charge in [0.25, 0.3) is 0 Å². The third-order valence-electron chi connectivity index (χ3n) is 4.47. The van der Waals surface area contributed by atoms with E-state index in [1.165, 1.54) is 0 Å². The molecule has 0 saturated carbocycles. The van der Waals surface area contributed by atoms with Gasteiger partial charge in [0.15, 0.2) is 6.61 Å². The van der Waals surface area contributed by atoms with Gasteiger partial charge in [-0.1, -0.05) is 13.0 Å². The van der Waals surface area contributed by atoms with E-state index in [9.17, 15) is 23.2 Å². The number of halogens is 2. The molecule has 1 heterocycles. The molecule has 0 aromatic heterocycles. The molecule has 1 aliphatic rings. The van der Waals surface area contributed by atoms with Gasteiger partial charge in [-0.2, -0.15) is 0 Å². The van der Waals surface area contributed by atoms with Gasteiger partial charge in [0, 0.05) is 18.8 Å². The predicted molar refractivity (Wildman–Crippen MR) is 107 cm³/mol. The topological polar surface area (TPSA) is 137 Å². The number of nitrogens with two attached hydrogens (primary N) is 2. The maximum atomic E-state index is 13.7. The Morgan fingerprint density at radius 1 is 1.26 bits per heavy atom. The van der Waals surface area contributed by atoms with Gasteiger partial charge in [-0.15, -0.1) is 0 Å². The van der Waals surface area contributed by atoms with Crippen LogP contribution in [0, 0.1) is 11.6 Å². The zero-order chi connectivity index (χ0) is 23.0. The molecule has 0 bridgehead atoms. The Kier molecular flexibility index (Phi) is 8.62. The number of amidine groups is 1. The Morgan fingerprint density at radius 3 is 2.55 bits per heavy atom. The van der Waals surface area contributed by atoms with E-state index in [1.54, 1.807) is 11.8 Å². The zero-order valence-corrected chi connectivity index (χ0v) is 17.0. The van der Waals surface area contributed by atoms with Crippen LogP contribution in [0.4, 0.5) is 8.78 Å². The maximum absolute atomic E-state index is 13.7. The molecule has 9 nitrogen and oxygen atoms in total. The molecule has 4 N–H and O–H groups in total. The fourth-order valence-electron chi connectivity index (χ4n) is 2.77. The highest BCUT2D eigenvalue weighted by atomic mass is 19.1. The van der Waals surface area contributed by atoms with Crippen molar-refractivity contribution in [2.24, 2.45) is 16.5 Å². The van der Waals surface area contributed by atoms with E-state index in [1.807, 2.05) is 0 Å². The molecule has 1 aromatic carbocycles. The third-order valence-corrected chi connectivity index (χ3v) is 4.47. The lowest BCUT2D eigenvalue weighted by Crippen LogP contribution is -2.43. The van der Waals surface area contributed by atoms with E-state index < -0.39 is 35.6 Å². The lowest BCUT2D eigenvalue weighted by Gasteiger charge is -2.26. The Morgan fingerprint density at radius 2 is 1.94 bits per heavy atom. The third kappa shape index (κ3) is 6.32. The van der Waals surface area contributed by atoms with Gasteiger partial charge in [0.2, 0.25) is 11.7 Å². The number of esters is 1. The van der Waals surface area contributed by atoms with Crippen LogP contribution in [0.3, 0.4) is 0 Å². The number of Topliss-reactive ketones (excluding diaryl/α,β-unsaturated/α-hetero) is 1. The standard InChI is InChI=1S/C20H24F2N4O5/c1-2-14(23)18(19(24)25-6-7-26-8-9-30-11-16(26)28)20(29)31-10-15(27)17-12(21)4-3-5-13(17)22/h3-5H,2,6-11,23H2,1H3,(H2,24,25)/b18-14+. The van der Waals surface area contributed by atoms with E-state index >= 15 is 0 Å². The van der Waals surface area contributed by atoms with Crippen molar-refractivity contribution in [3.05, 3.63) is 46.7 Å². The zero-order valence-electron chi connectivity index (χ0n) is 17.0. The summed E-state index contributed by atoms with van der Waals surface area (Å²) in [5.41, 5.74) is 10.8. The molecular weight excluding hydrogens is 414 g/mol. The highest BCUT2D eigenvalue weighted by Gasteiger charge is 2.23. The van der Waals surface area contributed by atoms with Crippen LogP contribution in [0.2, 0.25) is 0 Å². The van der Waals surface area contributed by atoms with Crippen molar-refractivity contribution >= 4 is 23.5 Å². The minimum Gasteiger partial charge on any atom is -0.454 e. The van der Waals surface area contributed by atoms with E-state index in [4.69, 9.17) is 20.9 Å². The van der Waals surface area contributed by atoms with Crippen molar-refractivity contribution in [3.8, 4) is 0 Å². The van der Waals surface area contributed by atoms with E-state index in [0.29, 0.717) is 13.2 Å². The quantitative estimate of drug-likeness (QED) is 0.189. The normalized spacial score (nSPS) is 15.5. The molecule has 0 unspecified atom stereocenters. The van der Waals surface area contributed by atoms with Crippen LogP contribution in [-0.2, 0) is 19.1 Å². The lowest BCUT2D eigenvalue weighted by molar-refractivity contribution is -0.142. The van der Waals surface area contributed by atoms with Gasteiger partial charge < -0.3 is 25.8 Å². The van der Waals surface area contributed by atoms with Gasteiger partial charge >= 0.3 is 5.97 Å². The average molecular weight is 438 g/mol. The van der Waals surface area contributed by atoms with Gasteiger partial charge in [0.1, 0.15) is 29.7 Å². The smallest absolute Gasteiger partial charge is 0.344 e. The molecular formula is C20H24F2N4O5. The first kappa shape index (κ1) is 23.9. The highest BCUT2D eigenvalue weighted by Crippen LogP contribution is 2.14. The van der Waals surface area contributed by atoms with Crippen LogP contribution in [0.1, 0.15) is 23.7 Å². The van der Waals surface area contributed by atoms with Crippen molar-refractivity contribution in [2.45, 2.75) is 13.3 Å². The van der Waals surface area contributed by atoms with Gasteiger partial charge in [0.05, 0.1) is 18.7 Å². The number of aliphatic imine (C=N–C) groups is 1. The molecule has 1 aromatic rings. The molecule has 168 valence electrons. The van der Waals surface area contributed by atoms with Crippen molar-refractivity contribution in [1.82, 2.24) is 4.90 Å². The number of rotatable bonds is 9. The van der Waals surface area contributed by atoms with Crippen LogP contribution in [0.25, 0.3) is 0 Å². The second-order valence-electron chi connectivity index (χ2n) is 6.55. The number of hydrogen-bond donors (Lipinski definition) is 2. The van der Waals surface area contributed by atoms with Crippen LogP contribution >= 0.6 is 0 Å². The molecule has 1 aliphatic heterocycles. The number of benzene rings is 1. The summed E-state index contributed by atoms with van der Waals surface area (Å²) in [6.45, 7) is 1.96. The van der Waals surface area contributed by atoms with Gasteiger partial charge in [-0.25, -0.2) is 13.6 Å². The first-order valence-corrected chi connectivity index (χ1v) is 9.55. The predicted octanol–water partition coefficient (Wildman–Crippen LogP) is 0.530. The van der Waals surface area contributed by atoms with Crippen LogP contribution < -0.4 is 11.5 Å². The molecule has 1 fully saturated rings. The SMILES string of the molecule is CC/C(N)=C(\C(=O)OCC(=O)c1c(F)cccc1F)C(N)=NCCN1CCOCC1=O. The number of morpholine rings is 1. The lowest BCUT2D eigenvalue weighted by atomic mass is 10.1. The first-order valence-electron chi connectivity index (χ1n) is 9.55. The molecule has 0 spiro atoms. The summed E-state index contributed by atoms with van der Waals surface area (Å²) in [5, 5.41) is 0. The van der Waals surface area contributed by atoms with Crippen molar-refractivity contribution < 1.29 is 32.6 Å². The molecule has 1 saturated heterocycles. The van der Waals surface area contributed by atoms with E-state index in [2.05, 4.69) is 4.99 Å². The summed E-state index contributed by atoms with van der Waals surface area (Å²) >= 11 is 0. The van der Waals surface area contributed by atoms with E-state index in [0.717, 1.165) is 18.2 Å². The summed E-state index contributed by atoms with van der Waals surface area (Å²) < 4.78 is 37.3. The largest absolute Gasteiger partial charge is 0.454 e. The van der Waals surface area contributed by atoms with Gasteiger partial charge in [-0.3, -0.25) is 14.6 Å². The number of nitrogens with zero attached hydrogens (tertiary/aromatic N) is 2. The second-order valence-corrected chi connectivity index (χ2v) is 6.55. The molecule has 11 heteroatoms. The number of allylic oxidation sites excluding steroid dienone is 1. The fourth-order valence-corrected chi connectivity index (χ4v) is 2.77. The fraction of sp³-hybridized carbons (Fsp3) is 0.400. The molecule has 0 atom stereocenters. The van der Waals surface area contributed by atoms with Crippen molar-refractivity contribution in [1.29, 1.82) is 0 Å². The summed E-state index contributed by atoms with van der Waals surface area (Å²) in [5.74, 6) is -4.64. The number of ether oxygens (including phenoxy) is 2. The van der Waals surface area contributed by atoms with Crippen LogP contribution in [0.15, 0.2) is 34.5 Å². The monoisotopic (exact) mass is 438 g/mol. The van der Waals surface area contributed by atoms with Crippen molar-refractivity contribution in [3.63, 3.8) is 0 Å². The molecule has 0 aliphatic carbocycles. The Labute approximate surface area is 177 Å². The number of carbonyl (C=O) groups is 3. The number of amides is 1. The summed E-state index contributed by atoms with van der Waals surface area (Å²) in [4.78, 5) is 41.9. The highest BCUT2D eigenvalue weighted by molar-refractivity contribution is 6.19. The Balaban J connectivity index is 2.05. The molecule has 31 heavy (non-hydrogen) atoms. The summed E-state index contributed by atoms with van der Waals surface area (Å²) in [6.07, 6.45) is 0.235. The Hall–Kier alpha value is -3.34. The van der Waals surface area contributed by atoms with Gasteiger partial charge in [-0.05, 0) is 18.6 Å². The molecule has 2 rings (SSSR count). The maximum Gasteiger partial charge on any atom is 0.344 e. The number of hydrogen-bond acceptors (Lipinski definition) is 7. The second kappa shape index (κ2) is 11.2. The van der Waals surface area contributed by atoms with Crippen LogP contribution in [0.5, 0.6) is 0 Å².